The summed E-state index contributed by atoms with van der Waals surface area (Å²) in [7, 11) is 0. The maximum atomic E-state index is 3.48. The minimum absolute atomic E-state index is 0.693. The molecule has 1 aliphatic heterocycles. The van der Waals surface area contributed by atoms with E-state index < -0.39 is 0 Å². The Labute approximate surface area is 89.7 Å². The van der Waals surface area contributed by atoms with Gasteiger partial charge in [0.05, 0.1) is 0 Å². The highest BCUT2D eigenvalue weighted by Gasteiger charge is 2.16. The van der Waals surface area contributed by atoms with Crippen molar-refractivity contribution in [3.8, 4) is 0 Å². The third-order valence-electron chi connectivity index (χ3n) is 3.37. The summed E-state index contributed by atoms with van der Waals surface area (Å²) in [4.78, 5) is 3.28. The van der Waals surface area contributed by atoms with Crippen molar-refractivity contribution in [1.82, 2.24) is 10.3 Å². The smallest absolute Gasteiger partial charge is 0.0456 e. The first-order valence-corrected chi connectivity index (χ1v) is 5.72. The van der Waals surface area contributed by atoms with Crippen LogP contribution in [0.4, 0.5) is 0 Å². The van der Waals surface area contributed by atoms with Gasteiger partial charge in [-0.1, -0.05) is 12.1 Å². The number of hydrogen-bond donors (Lipinski definition) is 2. The van der Waals surface area contributed by atoms with E-state index in [0.29, 0.717) is 5.92 Å². The zero-order valence-corrected chi connectivity index (χ0v) is 8.79. The first-order chi connectivity index (χ1) is 7.45. The molecule has 1 saturated heterocycles. The normalized spacial score (nSPS) is 22.0. The Kier molecular flexibility index (Phi) is 2.22. The van der Waals surface area contributed by atoms with Crippen LogP contribution < -0.4 is 5.32 Å². The van der Waals surface area contributed by atoms with Gasteiger partial charge in [0.15, 0.2) is 0 Å². The molecule has 2 heteroatoms. The third kappa shape index (κ3) is 1.55. The van der Waals surface area contributed by atoms with E-state index in [2.05, 4.69) is 34.6 Å². The van der Waals surface area contributed by atoms with E-state index in [1.54, 1.807) is 0 Å². The lowest BCUT2D eigenvalue weighted by Crippen LogP contribution is -2.28. The van der Waals surface area contributed by atoms with E-state index in [0.717, 1.165) is 6.54 Å². The summed E-state index contributed by atoms with van der Waals surface area (Å²) >= 11 is 0. The van der Waals surface area contributed by atoms with Crippen LogP contribution in [0.3, 0.4) is 0 Å². The van der Waals surface area contributed by atoms with Crippen molar-refractivity contribution in [2.45, 2.75) is 18.8 Å². The van der Waals surface area contributed by atoms with Gasteiger partial charge < -0.3 is 10.3 Å². The SMILES string of the molecule is c1cc([C@@H]2CCCNC2)c2cc[nH]c2c1. The van der Waals surface area contributed by atoms with Crippen LogP contribution >= 0.6 is 0 Å². The highest BCUT2D eigenvalue weighted by Crippen LogP contribution is 2.29. The molecule has 0 unspecified atom stereocenters. The largest absolute Gasteiger partial charge is 0.361 e. The number of H-pyrrole nitrogens is 1. The van der Waals surface area contributed by atoms with Crippen molar-refractivity contribution >= 4 is 10.9 Å². The predicted octanol–water partition coefficient (Wildman–Crippen LogP) is 2.63. The summed E-state index contributed by atoms with van der Waals surface area (Å²) in [6.07, 6.45) is 4.65. The average molecular weight is 200 g/mol. The number of hydrogen-bond acceptors (Lipinski definition) is 1. The molecule has 2 aromatic rings. The molecular formula is C13H16N2. The minimum atomic E-state index is 0.693. The lowest BCUT2D eigenvalue weighted by atomic mass is 9.89. The Morgan fingerprint density at radius 1 is 1.20 bits per heavy atom. The number of aromatic nitrogens is 1. The zero-order valence-electron chi connectivity index (χ0n) is 8.79. The van der Waals surface area contributed by atoms with Crippen LogP contribution in [0.5, 0.6) is 0 Å². The molecule has 1 aromatic carbocycles. The molecule has 1 aromatic heterocycles. The lowest BCUT2D eigenvalue weighted by Gasteiger charge is -2.23. The lowest BCUT2D eigenvalue weighted by molar-refractivity contribution is 0.463. The summed E-state index contributed by atoms with van der Waals surface area (Å²) < 4.78 is 0. The monoisotopic (exact) mass is 200 g/mol. The summed E-state index contributed by atoms with van der Waals surface area (Å²) in [5.74, 6) is 0.693. The van der Waals surface area contributed by atoms with Gasteiger partial charge in [0.1, 0.15) is 0 Å². The molecule has 2 heterocycles. The molecule has 1 aliphatic rings. The predicted molar refractivity (Wildman–Crippen MR) is 63.1 cm³/mol. The van der Waals surface area contributed by atoms with Crippen LogP contribution in [0.25, 0.3) is 10.9 Å². The van der Waals surface area contributed by atoms with Gasteiger partial charge in [-0.3, -0.25) is 0 Å². The number of piperidine rings is 1. The van der Waals surface area contributed by atoms with Crippen molar-refractivity contribution in [3.63, 3.8) is 0 Å². The maximum absolute atomic E-state index is 3.48. The molecule has 3 rings (SSSR count). The highest BCUT2D eigenvalue weighted by molar-refractivity contribution is 5.83. The first-order valence-electron chi connectivity index (χ1n) is 5.72. The Morgan fingerprint density at radius 2 is 2.20 bits per heavy atom. The second-order valence-corrected chi connectivity index (χ2v) is 4.33. The van der Waals surface area contributed by atoms with Crippen molar-refractivity contribution in [1.29, 1.82) is 0 Å². The van der Waals surface area contributed by atoms with Crippen molar-refractivity contribution < 1.29 is 0 Å². The second kappa shape index (κ2) is 3.70. The summed E-state index contributed by atoms with van der Waals surface area (Å²) in [5, 5.41) is 4.87. The molecular weight excluding hydrogens is 184 g/mol. The quantitative estimate of drug-likeness (QED) is 0.727. The molecule has 0 bridgehead atoms. The molecule has 0 amide bonds. The van der Waals surface area contributed by atoms with Crippen LogP contribution in [-0.4, -0.2) is 18.1 Å². The zero-order chi connectivity index (χ0) is 10.1. The fourth-order valence-electron chi connectivity index (χ4n) is 2.58. The van der Waals surface area contributed by atoms with Crippen LogP contribution in [0.15, 0.2) is 30.5 Å². The Hall–Kier alpha value is -1.28. The molecule has 15 heavy (non-hydrogen) atoms. The number of aromatic amines is 1. The maximum Gasteiger partial charge on any atom is 0.0456 e. The number of benzene rings is 1. The average Bonchev–Trinajstić information content (AvgIpc) is 2.78. The Morgan fingerprint density at radius 3 is 3.07 bits per heavy atom. The third-order valence-corrected chi connectivity index (χ3v) is 3.37. The van der Waals surface area contributed by atoms with Crippen LogP contribution in [0.1, 0.15) is 24.3 Å². The van der Waals surface area contributed by atoms with E-state index >= 15 is 0 Å². The van der Waals surface area contributed by atoms with E-state index in [-0.39, 0.29) is 0 Å². The Balaban J connectivity index is 2.05. The molecule has 2 nitrogen and oxygen atoms in total. The molecule has 1 fully saturated rings. The number of rotatable bonds is 1. The van der Waals surface area contributed by atoms with Gasteiger partial charge in [0.2, 0.25) is 0 Å². The van der Waals surface area contributed by atoms with Gasteiger partial charge in [-0.2, -0.15) is 0 Å². The topological polar surface area (TPSA) is 27.8 Å². The molecule has 0 spiro atoms. The van der Waals surface area contributed by atoms with Gasteiger partial charge in [-0.15, -0.1) is 0 Å². The Bertz CT molecular complexity index is 452. The molecule has 1 atom stereocenters. The molecule has 0 saturated carbocycles. The molecule has 0 radical (unpaired) electrons. The van der Waals surface area contributed by atoms with Gasteiger partial charge in [0.25, 0.3) is 0 Å². The fourth-order valence-corrected chi connectivity index (χ4v) is 2.58. The second-order valence-electron chi connectivity index (χ2n) is 4.33. The van der Waals surface area contributed by atoms with Crippen LogP contribution in [-0.2, 0) is 0 Å². The standard InChI is InChI=1S/C13H16N2/c1-4-11(10-3-2-7-14-9-10)12-6-8-15-13(12)5-1/h1,4-6,8,10,14-15H,2-3,7,9H2/t10-/m1/s1. The van der Waals surface area contributed by atoms with Crippen molar-refractivity contribution in [2.75, 3.05) is 13.1 Å². The molecule has 78 valence electrons. The van der Waals surface area contributed by atoms with Gasteiger partial charge in [-0.25, -0.2) is 0 Å². The van der Waals surface area contributed by atoms with E-state index in [4.69, 9.17) is 0 Å². The van der Waals surface area contributed by atoms with E-state index in [1.807, 2.05) is 6.20 Å². The van der Waals surface area contributed by atoms with Gasteiger partial charge in [-0.05, 0) is 43.0 Å². The van der Waals surface area contributed by atoms with E-state index in [9.17, 15) is 0 Å². The first kappa shape index (κ1) is 8.98. The number of nitrogens with one attached hydrogen (secondary N) is 2. The summed E-state index contributed by atoms with van der Waals surface area (Å²) in [6, 6.07) is 8.77. The van der Waals surface area contributed by atoms with Crippen molar-refractivity contribution in [3.05, 3.63) is 36.0 Å². The molecule has 0 aliphatic carbocycles. The van der Waals surface area contributed by atoms with Gasteiger partial charge in [0, 0.05) is 23.6 Å². The molecule has 2 N–H and O–H groups in total. The van der Waals surface area contributed by atoms with Crippen LogP contribution in [0, 0.1) is 0 Å². The minimum Gasteiger partial charge on any atom is -0.361 e. The van der Waals surface area contributed by atoms with Crippen molar-refractivity contribution in [2.24, 2.45) is 0 Å². The fraction of sp³-hybridized carbons (Fsp3) is 0.385. The number of fused-ring (bicyclic) bond motifs is 1. The van der Waals surface area contributed by atoms with Gasteiger partial charge >= 0.3 is 0 Å². The highest BCUT2D eigenvalue weighted by atomic mass is 14.9. The summed E-state index contributed by atoms with van der Waals surface area (Å²) in [6.45, 7) is 2.31. The summed E-state index contributed by atoms with van der Waals surface area (Å²) in [5.41, 5.74) is 2.76. The van der Waals surface area contributed by atoms with Crippen LogP contribution in [0.2, 0.25) is 0 Å². The van der Waals surface area contributed by atoms with E-state index in [1.165, 1.54) is 35.9 Å².